The van der Waals surface area contributed by atoms with E-state index in [2.05, 4.69) is 4.52 Å². The molecule has 0 bridgehead atoms. The number of hydrogen-bond donors (Lipinski definition) is 2. The normalized spacial score (nSPS) is 12.5. The largest absolute Gasteiger partial charge is 0.469 e. The van der Waals surface area contributed by atoms with Crippen molar-refractivity contribution in [3.05, 3.63) is 6.42 Å². The van der Waals surface area contributed by atoms with Crippen LogP contribution in [0.3, 0.4) is 0 Å². The topological polar surface area (TPSA) is 66.8 Å². The lowest BCUT2D eigenvalue weighted by Gasteiger charge is -2.05. The van der Waals surface area contributed by atoms with Crippen LogP contribution in [-0.2, 0) is 9.09 Å². The Morgan fingerprint density at radius 2 is 2.10 bits per heavy atom. The molecule has 0 heterocycles. The molecule has 0 saturated heterocycles. The molecule has 61 valence electrons. The Balaban J connectivity index is 3.30. The van der Waals surface area contributed by atoms with E-state index in [9.17, 15) is 4.57 Å². The summed E-state index contributed by atoms with van der Waals surface area (Å²) in [6.07, 6.45) is 1.68. The minimum absolute atomic E-state index is 0.00193. The molecule has 4 nitrogen and oxygen atoms in total. The molecule has 0 aromatic carbocycles. The predicted molar refractivity (Wildman–Crippen MR) is 37.1 cm³/mol. The maximum atomic E-state index is 10.1. The molecule has 1 radical (unpaired) electrons. The van der Waals surface area contributed by atoms with Crippen LogP contribution in [0.5, 0.6) is 0 Å². The minimum Gasteiger partial charge on any atom is -0.303 e. The third-order valence-electron chi connectivity index (χ3n) is 0.810. The van der Waals surface area contributed by atoms with E-state index in [0.29, 0.717) is 0 Å². The molecule has 0 aliphatic heterocycles. The van der Waals surface area contributed by atoms with Crippen molar-refractivity contribution in [1.29, 1.82) is 0 Å². The molecule has 2 N–H and O–H groups in total. The van der Waals surface area contributed by atoms with Crippen LogP contribution in [0.4, 0.5) is 0 Å². The Bertz CT molecular complexity index is 128. The Morgan fingerprint density at radius 1 is 1.60 bits per heavy atom. The van der Waals surface area contributed by atoms with E-state index in [4.69, 9.17) is 9.79 Å². The first-order valence-electron chi connectivity index (χ1n) is 2.95. The van der Waals surface area contributed by atoms with Crippen molar-refractivity contribution in [3.8, 4) is 0 Å². The maximum Gasteiger partial charge on any atom is 0.469 e. The zero-order valence-electron chi connectivity index (χ0n) is 6.02. The third-order valence-corrected chi connectivity index (χ3v) is 1.30. The van der Waals surface area contributed by atoms with Gasteiger partial charge < -0.3 is 9.79 Å². The monoisotopic (exact) mass is 167 g/mol. The summed E-state index contributed by atoms with van der Waals surface area (Å²) in [7, 11) is -4.25. The van der Waals surface area contributed by atoms with Crippen LogP contribution >= 0.6 is 7.82 Å². The third kappa shape index (κ3) is 8.11. The van der Waals surface area contributed by atoms with Crippen LogP contribution in [0.15, 0.2) is 0 Å². The van der Waals surface area contributed by atoms with Crippen molar-refractivity contribution in [2.75, 3.05) is 6.61 Å². The highest BCUT2D eigenvalue weighted by Gasteiger charge is 2.12. The van der Waals surface area contributed by atoms with E-state index in [1.807, 2.05) is 13.8 Å². The number of hydrogen-bond acceptors (Lipinski definition) is 2. The summed E-state index contributed by atoms with van der Waals surface area (Å²) in [4.78, 5) is 16.4. The van der Waals surface area contributed by atoms with Gasteiger partial charge in [0.15, 0.2) is 0 Å². The van der Waals surface area contributed by atoms with Gasteiger partial charge in [-0.25, -0.2) is 4.57 Å². The first-order valence-corrected chi connectivity index (χ1v) is 4.48. The second-order valence-corrected chi connectivity index (χ2v) is 3.51. The standard InChI is InChI=1S/C5H12O4P/c1-5(2)3-4-9-10(6,7)8/h3,5H,4H2,1-2H3,(H2,6,7,8). The van der Waals surface area contributed by atoms with Crippen molar-refractivity contribution in [2.24, 2.45) is 5.92 Å². The van der Waals surface area contributed by atoms with Gasteiger partial charge in [-0.3, -0.25) is 4.52 Å². The van der Waals surface area contributed by atoms with E-state index < -0.39 is 7.82 Å². The van der Waals surface area contributed by atoms with Gasteiger partial charge in [-0.05, 0) is 12.3 Å². The van der Waals surface area contributed by atoms with Crippen LogP contribution in [-0.4, -0.2) is 16.4 Å². The molecule has 10 heavy (non-hydrogen) atoms. The van der Waals surface area contributed by atoms with Gasteiger partial charge in [-0.15, -0.1) is 0 Å². The molecule has 0 amide bonds. The molecule has 0 aromatic heterocycles. The lowest BCUT2D eigenvalue weighted by molar-refractivity contribution is 0.206. The number of phosphoric acid groups is 1. The fourth-order valence-electron chi connectivity index (χ4n) is 0.333. The molecule has 5 heteroatoms. The zero-order valence-corrected chi connectivity index (χ0v) is 6.91. The molecular formula is C5H12O4P. The predicted octanol–water partition coefficient (Wildman–Crippen LogP) is 0.956. The maximum absolute atomic E-state index is 10.1. The Kier molecular flexibility index (Phi) is 4.13. The van der Waals surface area contributed by atoms with Crippen LogP contribution in [0.2, 0.25) is 0 Å². The summed E-state index contributed by atoms with van der Waals surface area (Å²) in [5.74, 6) is 0.284. The van der Waals surface area contributed by atoms with Crippen molar-refractivity contribution in [3.63, 3.8) is 0 Å². The summed E-state index contributed by atoms with van der Waals surface area (Å²) in [6.45, 7) is 3.81. The van der Waals surface area contributed by atoms with Gasteiger partial charge in [0.1, 0.15) is 0 Å². The quantitative estimate of drug-likeness (QED) is 0.612. The Morgan fingerprint density at radius 3 is 2.40 bits per heavy atom. The van der Waals surface area contributed by atoms with Crippen molar-refractivity contribution in [2.45, 2.75) is 13.8 Å². The van der Waals surface area contributed by atoms with Gasteiger partial charge in [0, 0.05) is 0 Å². The summed E-state index contributed by atoms with van der Waals surface area (Å²) in [5, 5.41) is 0. The average Bonchev–Trinajstić information content (AvgIpc) is 1.59. The molecule has 0 saturated carbocycles. The Hall–Kier alpha value is 0.110. The second kappa shape index (κ2) is 4.09. The summed E-state index contributed by atoms with van der Waals surface area (Å²) in [5.41, 5.74) is 0. The Labute approximate surface area is 60.5 Å². The molecule has 0 aliphatic rings. The number of rotatable bonds is 4. The average molecular weight is 167 g/mol. The van der Waals surface area contributed by atoms with Gasteiger partial charge in [-0.2, -0.15) is 0 Å². The highest BCUT2D eigenvalue weighted by Crippen LogP contribution is 2.35. The van der Waals surface area contributed by atoms with Crippen LogP contribution in [0.25, 0.3) is 0 Å². The molecule has 0 unspecified atom stereocenters. The minimum atomic E-state index is -4.25. The van der Waals surface area contributed by atoms with Gasteiger partial charge >= 0.3 is 7.82 Å². The second-order valence-electron chi connectivity index (χ2n) is 2.27. The van der Waals surface area contributed by atoms with Crippen molar-refractivity contribution >= 4 is 7.82 Å². The van der Waals surface area contributed by atoms with E-state index in [0.717, 1.165) is 0 Å². The van der Waals surface area contributed by atoms with Crippen LogP contribution < -0.4 is 0 Å². The van der Waals surface area contributed by atoms with Gasteiger partial charge in [0.2, 0.25) is 0 Å². The smallest absolute Gasteiger partial charge is 0.303 e. The molecule has 0 atom stereocenters. The molecule has 0 aliphatic carbocycles. The van der Waals surface area contributed by atoms with Gasteiger partial charge in [0.05, 0.1) is 6.61 Å². The molecular weight excluding hydrogens is 155 g/mol. The first kappa shape index (κ1) is 10.1. The first-order chi connectivity index (χ1) is 4.42. The number of phosphoric ester groups is 1. The van der Waals surface area contributed by atoms with Gasteiger partial charge in [-0.1, -0.05) is 13.8 Å². The highest BCUT2D eigenvalue weighted by atomic mass is 31.2. The molecule has 0 aromatic rings. The van der Waals surface area contributed by atoms with Crippen molar-refractivity contribution in [1.82, 2.24) is 0 Å². The lowest BCUT2D eigenvalue weighted by atomic mass is 10.2. The summed E-state index contributed by atoms with van der Waals surface area (Å²) >= 11 is 0. The lowest BCUT2D eigenvalue weighted by Crippen LogP contribution is -1.97. The molecule has 0 spiro atoms. The zero-order chi connectivity index (χ0) is 8.20. The van der Waals surface area contributed by atoms with Crippen LogP contribution in [0.1, 0.15) is 13.8 Å². The van der Waals surface area contributed by atoms with E-state index in [-0.39, 0.29) is 12.5 Å². The van der Waals surface area contributed by atoms with Crippen molar-refractivity contribution < 1.29 is 18.9 Å². The fraction of sp³-hybridized carbons (Fsp3) is 0.800. The summed E-state index contributed by atoms with van der Waals surface area (Å²) < 4.78 is 14.2. The molecule has 0 rings (SSSR count). The summed E-state index contributed by atoms with van der Waals surface area (Å²) in [6, 6.07) is 0. The highest BCUT2D eigenvalue weighted by molar-refractivity contribution is 7.46. The molecule has 0 fully saturated rings. The van der Waals surface area contributed by atoms with E-state index in [1.54, 1.807) is 6.42 Å². The van der Waals surface area contributed by atoms with E-state index in [1.165, 1.54) is 0 Å². The van der Waals surface area contributed by atoms with E-state index >= 15 is 0 Å². The fourth-order valence-corrected chi connectivity index (χ4v) is 0.613. The SMILES string of the molecule is CC(C)[CH]COP(=O)(O)O. The van der Waals surface area contributed by atoms with Crippen LogP contribution in [0, 0.1) is 12.3 Å². The van der Waals surface area contributed by atoms with Gasteiger partial charge in [0.25, 0.3) is 0 Å².